The monoisotopic (exact) mass is 281 g/mol. The Morgan fingerprint density at radius 2 is 2.05 bits per heavy atom. The summed E-state index contributed by atoms with van der Waals surface area (Å²) in [4.78, 5) is 8.68. The van der Waals surface area contributed by atoms with Crippen molar-refractivity contribution in [3.63, 3.8) is 0 Å². The van der Waals surface area contributed by atoms with Crippen LogP contribution in [0.4, 0.5) is 0 Å². The molecule has 4 atom stereocenters. The number of likely N-dealkylation sites (tertiary alicyclic amines) is 1. The zero-order valence-corrected chi connectivity index (χ0v) is 13.8. The van der Waals surface area contributed by atoms with Crippen LogP contribution in [0.3, 0.4) is 0 Å². The van der Waals surface area contributed by atoms with E-state index in [0.717, 1.165) is 0 Å². The van der Waals surface area contributed by atoms with Crippen LogP contribution in [-0.4, -0.2) is 35.6 Å². The van der Waals surface area contributed by atoms with Gasteiger partial charge in [-0.3, -0.25) is 4.90 Å². The van der Waals surface area contributed by atoms with Crippen LogP contribution in [-0.2, 0) is 0 Å². The number of thiazole rings is 1. The molecule has 1 aromatic rings. The van der Waals surface area contributed by atoms with Crippen LogP contribution in [0.2, 0.25) is 0 Å². The Balaban J connectivity index is 2.16. The number of hydrogen-bond acceptors (Lipinski definition) is 4. The lowest BCUT2D eigenvalue weighted by Gasteiger charge is -2.45. The highest BCUT2D eigenvalue weighted by molar-refractivity contribution is 7.11. The van der Waals surface area contributed by atoms with E-state index in [2.05, 4.69) is 56.9 Å². The number of aromatic nitrogens is 1. The summed E-state index contributed by atoms with van der Waals surface area (Å²) in [6.07, 6.45) is 1.24. The molecule has 108 valence electrons. The Labute approximate surface area is 121 Å². The highest BCUT2D eigenvalue weighted by atomic mass is 32.1. The second-order valence-electron chi connectivity index (χ2n) is 5.88. The fourth-order valence-electron chi connectivity index (χ4n) is 3.43. The van der Waals surface area contributed by atoms with E-state index in [0.29, 0.717) is 24.0 Å². The predicted octanol–water partition coefficient (Wildman–Crippen LogP) is 3.14. The molecule has 1 N–H and O–H groups in total. The normalized spacial score (nSPS) is 30.5. The number of nitrogens with one attached hydrogen (secondary N) is 1. The highest BCUT2D eigenvalue weighted by Crippen LogP contribution is 2.35. The minimum atomic E-state index is 0.487. The predicted molar refractivity (Wildman–Crippen MR) is 82.8 cm³/mol. The summed E-state index contributed by atoms with van der Waals surface area (Å²) < 4.78 is 0. The number of hydrogen-bond donors (Lipinski definition) is 1. The first-order chi connectivity index (χ1) is 8.95. The van der Waals surface area contributed by atoms with Crippen LogP contribution in [0, 0.1) is 19.8 Å². The highest BCUT2D eigenvalue weighted by Gasteiger charge is 2.35. The molecule has 1 saturated heterocycles. The summed E-state index contributed by atoms with van der Waals surface area (Å²) in [5.41, 5.74) is 1.21. The van der Waals surface area contributed by atoms with Gasteiger partial charge in [-0.15, -0.1) is 11.3 Å². The minimum Gasteiger partial charge on any atom is -0.317 e. The molecule has 0 bridgehead atoms. The summed E-state index contributed by atoms with van der Waals surface area (Å²) >= 11 is 1.86. The second kappa shape index (κ2) is 5.90. The number of nitrogens with zero attached hydrogens (tertiary/aromatic N) is 2. The molecule has 2 rings (SSSR count). The maximum atomic E-state index is 4.58. The first-order valence-corrected chi connectivity index (χ1v) is 8.14. The third-order valence-corrected chi connectivity index (χ3v) is 6.05. The van der Waals surface area contributed by atoms with E-state index >= 15 is 0 Å². The molecule has 1 fully saturated rings. The van der Waals surface area contributed by atoms with Crippen LogP contribution >= 0.6 is 11.3 Å². The maximum absolute atomic E-state index is 4.58. The average Bonchev–Trinajstić information content (AvgIpc) is 2.71. The zero-order chi connectivity index (χ0) is 14.2. The summed E-state index contributed by atoms with van der Waals surface area (Å²) in [7, 11) is 2.09. The van der Waals surface area contributed by atoms with Crippen LogP contribution in [0.25, 0.3) is 0 Å². The van der Waals surface area contributed by atoms with Crippen molar-refractivity contribution in [3.8, 4) is 0 Å². The van der Waals surface area contributed by atoms with Crippen molar-refractivity contribution >= 4 is 11.3 Å². The standard InChI is InChI=1S/C15H27N3S/c1-9-11(3)18(8-7-14(9)16-6)12(4)15-10(2)17-13(5)19-15/h9,11-12,14,16H,7-8H2,1-6H3. The van der Waals surface area contributed by atoms with Crippen molar-refractivity contribution < 1.29 is 0 Å². The largest absolute Gasteiger partial charge is 0.317 e. The van der Waals surface area contributed by atoms with Gasteiger partial charge >= 0.3 is 0 Å². The van der Waals surface area contributed by atoms with E-state index < -0.39 is 0 Å². The fraction of sp³-hybridized carbons (Fsp3) is 0.800. The molecule has 0 aliphatic carbocycles. The SMILES string of the molecule is CNC1CCN(C(C)c2sc(C)nc2C)C(C)C1C. The van der Waals surface area contributed by atoms with Gasteiger partial charge in [-0.2, -0.15) is 0 Å². The van der Waals surface area contributed by atoms with Gasteiger partial charge in [0, 0.05) is 29.5 Å². The molecule has 4 heteroatoms. The quantitative estimate of drug-likeness (QED) is 0.922. The van der Waals surface area contributed by atoms with Crippen molar-refractivity contribution in [3.05, 3.63) is 15.6 Å². The molecule has 1 aromatic heterocycles. The van der Waals surface area contributed by atoms with Crippen molar-refractivity contribution in [2.24, 2.45) is 5.92 Å². The molecule has 19 heavy (non-hydrogen) atoms. The smallest absolute Gasteiger partial charge is 0.0900 e. The molecule has 0 amide bonds. The van der Waals surface area contributed by atoms with Gasteiger partial charge in [0.05, 0.1) is 10.7 Å². The molecule has 0 aromatic carbocycles. The van der Waals surface area contributed by atoms with Gasteiger partial charge in [0.25, 0.3) is 0 Å². The third kappa shape index (κ3) is 2.86. The van der Waals surface area contributed by atoms with Crippen molar-refractivity contribution in [2.75, 3.05) is 13.6 Å². The molecular weight excluding hydrogens is 254 g/mol. The second-order valence-corrected chi connectivity index (χ2v) is 7.11. The summed E-state index contributed by atoms with van der Waals surface area (Å²) in [5.74, 6) is 0.690. The van der Waals surface area contributed by atoms with Gasteiger partial charge in [-0.1, -0.05) is 6.92 Å². The summed E-state index contributed by atoms with van der Waals surface area (Å²) in [5, 5.41) is 4.65. The minimum absolute atomic E-state index is 0.487. The topological polar surface area (TPSA) is 28.2 Å². The van der Waals surface area contributed by atoms with E-state index in [1.165, 1.54) is 28.5 Å². The van der Waals surface area contributed by atoms with Crippen LogP contribution in [0.1, 0.15) is 48.8 Å². The Bertz CT molecular complexity index is 429. The van der Waals surface area contributed by atoms with E-state index in [1.807, 2.05) is 11.3 Å². The lowest BCUT2D eigenvalue weighted by atomic mass is 9.86. The van der Waals surface area contributed by atoms with E-state index in [1.54, 1.807) is 0 Å². The third-order valence-electron chi connectivity index (χ3n) is 4.80. The van der Waals surface area contributed by atoms with E-state index in [-0.39, 0.29) is 0 Å². The molecule has 3 nitrogen and oxygen atoms in total. The van der Waals surface area contributed by atoms with Crippen LogP contribution < -0.4 is 5.32 Å². The van der Waals surface area contributed by atoms with E-state index in [4.69, 9.17) is 0 Å². The van der Waals surface area contributed by atoms with Crippen LogP contribution in [0.5, 0.6) is 0 Å². The van der Waals surface area contributed by atoms with Gasteiger partial charge in [-0.05, 0) is 47.1 Å². The van der Waals surface area contributed by atoms with Crippen molar-refractivity contribution in [1.29, 1.82) is 0 Å². The van der Waals surface area contributed by atoms with Gasteiger partial charge in [-0.25, -0.2) is 4.98 Å². The lowest BCUT2D eigenvalue weighted by molar-refractivity contribution is 0.0555. The summed E-state index contributed by atoms with van der Waals surface area (Å²) in [6.45, 7) is 12.5. The fourth-order valence-corrected chi connectivity index (χ4v) is 4.43. The first-order valence-electron chi connectivity index (χ1n) is 7.32. The Morgan fingerprint density at radius 3 is 2.58 bits per heavy atom. The molecule has 2 heterocycles. The van der Waals surface area contributed by atoms with Crippen LogP contribution in [0.15, 0.2) is 0 Å². The Morgan fingerprint density at radius 1 is 1.37 bits per heavy atom. The molecule has 0 radical (unpaired) electrons. The van der Waals surface area contributed by atoms with Gasteiger partial charge in [0.2, 0.25) is 0 Å². The van der Waals surface area contributed by atoms with Gasteiger partial charge < -0.3 is 5.32 Å². The van der Waals surface area contributed by atoms with Gasteiger partial charge in [0.15, 0.2) is 0 Å². The average molecular weight is 281 g/mol. The number of piperidine rings is 1. The molecule has 0 saturated carbocycles. The van der Waals surface area contributed by atoms with E-state index in [9.17, 15) is 0 Å². The number of aryl methyl sites for hydroxylation is 2. The first kappa shape index (κ1) is 14.9. The summed E-state index contributed by atoms with van der Waals surface area (Å²) in [6, 6.07) is 1.76. The van der Waals surface area contributed by atoms with Crippen molar-refractivity contribution in [1.82, 2.24) is 15.2 Å². The Kier molecular flexibility index (Phi) is 4.64. The maximum Gasteiger partial charge on any atom is 0.0900 e. The molecule has 0 spiro atoms. The molecule has 1 aliphatic rings. The zero-order valence-electron chi connectivity index (χ0n) is 13.0. The lowest BCUT2D eigenvalue weighted by Crippen LogP contribution is -2.53. The molecule has 1 aliphatic heterocycles. The molecule has 4 unspecified atom stereocenters. The Hall–Kier alpha value is -0.450. The van der Waals surface area contributed by atoms with Gasteiger partial charge in [0.1, 0.15) is 0 Å². The number of rotatable bonds is 3. The molecular formula is C15H27N3S. The van der Waals surface area contributed by atoms with Crippen molar-refractivity contribution in [2.45, 2.75) is 59.2 Å².